The predicted molar refractivity (Wildman–Crippen MR) is 96.0 cm³/mol. The lowest BCUT2D eigenvalue weighted by Crippen LogP contribution is -2.27. The minimum absolute atomic E-state index is 0.263. The summed E-state index contributed by atoms with van der Waals surface area (Å²) in [6, 6.07) is 21.0. The van der Waals surface area contributed by atoms with Crippen LogP contribution >= 0.6 is 0 Å². The van der Waals surface area contributed by atoms with E-state index in [1.54, 1.807) is 12.3 Å². The lowest BCUT2D eigenvalue weighted by atomic mass is 10.0. The largest absolute Gasteiger partial charge is 0.404 e. The number of pyridine rings is 1. The molecule has 0 unspecified atom stereocenters. The van der Waals surface area contributed by atoms with Gasteiger partial charge >= 0.3 is 0 Å². The maximum absolute atomic E-state index is 12.6. The van der Waals surface area contributed by atoms with Crippen LogP contribution in [0, 0.1) is 0 Å². The van der Waals surface area contributed by atoms with Gasteiger partial charge in [0.1, 0.15) is 12.9 Å². The predicted octanol–water partition coefficient (Wildman–Crippen LogP) is 3.09. The third-order valence-electron chi connectivity index (χ3n) is 3.93. The Morgan fingerprint density at radius 2 is 1.68 bits per heavy atom. The zero-order chi connectivity index (χ0) is 17.1. The maximum atomic E-state index is 12.6. The summed E-state index contributed by atoms with van der Waals surface area (Å²) in [5, 5.41) is 0.765. The molecule has 0 radical (unpaired) electrons. The van der Waals surface area contributed by atoms with Crippen molar-refractivity contribution >= 4 is 11.0 Å². The van der Waals surface area contributed by atoms with E-state index in [9.17, 15) is 4.79 Å². The Kier molecular flexibility index (Phi) is 3.96. The van der Waals surface area contributed by atoms with E-state index in [0.717, 1.165) is 22.1 Å². The second-order valence-electron chi connectivity index (χ2n) is 5.58. The van der Waals surface area contributed by atoms with E-state index in [-0.39, 0.29) is 12.2 Å². The van der Waals surface area contributed by atoms with Crippen molar-refractivity contribution in [3.8, 4) is 11.1 Å². The minimum Gasteiger partial charge on any atom is -0.404 e. The van der Waals surface area contributed by atoms with Crippen molar-refractivity contribution in [1.82, 2.24) is 14.7 Å². The van der Waals surface area contributed by atoms with Crippen LogP contribution in [0.3, 0.4) is 0 Å². The van der Waals surface area contributed by atoms with Gasteiger partial charge in [-0.3, -0.25) is 4.79 Å². The molecular weight excluding hydrogens is 314 g/mol. The van der Waals surface area contributed by atoms with Crippen molar-refractivity contribution in [3.63, 3.8) is 0 Å². The van der Waals surface area contributed by atoms with Crippen LogP contribution in [0.25, 0.3) is 22.2 Å². The van der Waals surface area contributed by atoms with E-state index in [4.69, 9.17) is 4.84 Å². The molecule has 0 saturated carbocycles. The monoisotopic (exact) mass is 329 g/mol. The van der Waals surface area contributed by atoms with Crippen molar-refractivity contribution in [2.45, 2.75) is 6.61 Å². The molecule has 5 nitrogen and oxygen atoms in total. The average molecular weight is 329 g/mol. The molecule has 0 bridgehead atoms. The highest BCUT2D eigenvalue weighted by Gasteiger charge is 2.12. The number of fused-ring (bicyclic) bond motifs is 1. The molecule has 0 aliphatic rings. The molecule has 2 aromatic carbocycles. The first-order valence-electron chi connectivity index (χ1n) is 7.91. The molecule has 0 N–H and O–H groups in total. The topological polar surface area (TPSA) is 57.0 Å². The van der Waals surface area contributed by atoms with Gasteiger partial charge in [0, 0.05) is 17.6 Å². The summed E-state index contributed by atoms with van der Waals surface area (Å²) < 4.78 is 1.23. The first-order valence-corrected chi connectivity index (χ1v) is 7.91. The summed E-state index contributed by atoms with van der Waals surface area (Å²) in [4.78, 5) is 26.7. The Balaban J connectivity index is 1.81. The van der Waals surface area contributed by atoms with Crippen LogP contribution in [-0.2, 0) is 6.61 Å². The number of rotatable bonds is 4. The van der Waals surface area contributed by atoms with Crippen molar-refractivity contribution < 1.29 is 4.84 Å². The number of nitrogens with zero attached hydrogens (tertiary/aromatic N) is 3. The van der Waals surface area contributed by atoms with E-state index >= 15 is 0 Å². The molecule has 0 aliphatic carbocycles. The van der Waals surface area contributed by atoms with E-state index in [1.807, 2.05) is 60.7 Å². The molecule has 2 heterocycles. The zero-order valence-electron chi connectivity index (χ0n) is 13.4. The molecule has 0 aliphatic heterocycles. The molecule has 4 aromatic rings. The molecule has 0 fully saturated rings. The van der Waals surface area contributed by atoms with Gasteiger partial charge in [0.25, 0.3) is 5.56 Å². The van der Waals surface area contributed by atoms with Crippen LogP contribution in [-0.4, -0.2) is 14.7 Å². The van der Waals surface area contributed by atoms with E-state index in [1.165, 1.54) is 11.1 Å². The van der Waals surface area contributed by atoms with E-state index < -0.39 is 0 Å². The van der Waals surface area contributed by atoms with Gasteiger partial charge in [-0.25, -0.2) is 9.97 Å². The average Bonchev–Trinajstić information content (AvgIpc) is 2.68. The summed E-state index contributed by atoms with van der Waals surface area (Å²) in [5.74, 6) is 0. The lowest BCUT2D eigenvalue weighted by Gasteiger charge is -2.13. The molecule has 0 saturated heterocycles. The Morgan fingerprint density at radius 1 is 0.960 bits per heavy atom. The van der Waals surface area contributed by atoms with E-state index in [0.29, 0.717) is 5.65 Å². The Labute approximate surface area is 144 Å². The summed E-state index contributed by atoms with van der Waals surface area (Å²) >= 11 is 0. The third-order valence-corrected chi connectivity index (χ3v) is 3.93. The van der Waals surface area contributed by atoms with Crippen molar-refractivity contribution in [3.05, 3.63) is 95.2 Å². The summed E-state index contributed by atoms with van der Waals surface area (Å²) in [6.07, 6.45) is 3.12. The molecule has 2 aromatic heterocycles. The molecular formula is C20H15N3O2. The Morgan fingerprint density at radius 3 is 2.44 bits per heavy atom. The SMILES string of the molecule is O=c1cc(-c2ccccc2)c2cncnc2n1OCc1ccccc1. The quantitative estimate of drug-likeness (QED) is 0.577. The summed E-state index contributed by atoms with van der Waals surface area (Å²) in [5.41, 5.74) is 2.90. The van der Waals surface area contributed by atoms with Gasteiger partial charge < -0.3 is 4.84 Å². The Hall–Kier alpha value is -3.47. The molecule has 5 heteroatoms. The molecule has 0 amide bonds. The smallest absolute Gasteiger partial charge is 0.285 e. The number of hydrogen-bond donors (Lipinski definition) is 0. The maximum Gasteiger partial charge on any atom is 0.285 e. The minimum atomic E-state index is -0.263. The fourth-order valence-corrected chi connectivity index (χ4v) is 2.73. The number of benzene rings is 2. The van der Waals surface area contributed by atoms with Gasteiger partial charge in [-0.15, -0.1) is 4.73 Å². The van der Waals surface area contributed by atoms with Crippen LogP contribution in [0.2, 0.25) is 0 Å². The van der Waals surface area contributed by atoms with Gasteiger partial charge in [-0.2, -0.15) is 0 Å². The van der Waals surface area contributed by atoms with Gasteiger partial charge in [0.15, 0.2) is 5.65 Å². The normalized spacial score (nSPS) is 10.7. The van der Waals surface area contributed by atoms with Crippen LogP contribution in [0.1, 0.15) is 5.56 Å². The van der Waals surface area contributed by atoms with Crippen LogP contribution < -0.4 is 10.4 Å². The molecule has 122 valence electrons. The second kappa shape index (κ2) is 6.57. The fraction of sp³-hybridized carbons (Fsp3) is 0.0500. The summed E-state index contributed by atoms with van der Waals surface area (Å²) in [6.45, 7) is 0.282. The van der Waals surface area contributed by atoms with Crippen LogP contribution in [0.15, 0.2) is 84.0 Å². The number of aromatic nitrogens is 3. The number of hydrogen-bond acceptors (Lipinski definition) is 4. The highest BCUT2D eigenvalue weighted by Crippen LogP contribution is 2.25. The van der Waals surface area contributed by atoms with Crippen molar-refractivity contribution in [2.24, 2.45) is 0 Å². The zero-order valence-corrected chi connectivity index (χ0v) is 13.4. The summed E-state index contributed by atoms with van der Waals surface area (Å²) in [7, 11) is 0. The standard InChI is InChI=1S/C20H15N3O2/c24-19-11-17(16-9-5-2-6-10-16)18-12-21-14-22-20(18)23(19)25-13-15-7-3-1-4-8-15/h1-12,14H,13H2. The third kappa shape index (κ3) is 2.99. The van der Waals surface area contributed by atoms with E-state index in [2.05, 4.69) is 9.97 Å². The first kappa shape index (κ1) is 15.1. The fourth-order valence-electron chi connectivity index (χ4n) is 2.73. The van der Waals surface area contributed by atoms with Crippen LogP contribution in [0.4, 0.5) is 0 Å². The second-order valence-corrected chi connectivity index (χ2v) is 5.58. The highest BCUT2D eigenvalue weighted by molar-refractivity contribution is 5.91. The van der Waals surface area contributed by atoms with Crippen molar-refractivity contribution in [2.75, 3.05) is 0 Å². The van der Waals surface area contributed by atoms with Gasteiger partial charge in [-0.05, 0) is 16.7 Å². The van der Waals surface area contributed by atoms with Crippen LogP contribution in [0.5, 0.6) is 0 Å². The Bertz CT molecular complexity index is 1060. The molecule has 0 spiro atoms. The molecule has 25 heavy (non-hydrogen) atoms. The van der Waals surface area contributed by atoms with Gasteiger partial charge in [-0.1, -0.05) is 60.7 Å². The van der Waals surface area contributed by atoms with Gasteiger partial charge in [0.2, 0.25) is 0 Å². The highest BCUT2D eigenvalue weighted by atomic mass is 16.7. The lowest BCUT2D eigenvalue weighted by molar-refractivity contribution is 0.0980. The van der Waals surface area contributed by atoms with Crippen molar-refractivity contribution in [1.29, 1.82) is 0 Å². The molecule has 0 atom stereocenters. The molecule has 4 rings (SSSR count). The first-order chi connectivity index (χ1) is 12.3. The van der Waals surface area contributed by atoms with Gasteiger partial charge in [0.05, 0.1) is 0 Å².